The maximum Gasteiger partial charge on any atom is 0.191 e. The Kier molecular flexibility index (Phi) is 10.4. The first-order valence-electron chi connectivity index (χ1n) is 11.0. The zero-order valence-corrected chi connectivity index (χ0v) is 18.1. The van der Waals surface area contributed by atoms with Crippen LogP contribution in [0.3, 0.4) is 0 Å². The molecule has 0 amide bonds. The maximum atomic E-state index is 6.11. The zero-order chi connectivity index (χ0) is 20.2. The summed E-state index contributed by atoms with van der Waals surface area (Å²) in [4.78, 5) is 4.87. The molecule has 5 heteroatoms. The van der Waals surface area contributed by atoms with Gasteiger partial charge in [0.1, 0.15) is 0 Å². The van der Waals surface area contributed by atoms with Crippen LogP contribution in [0.1, 0.15) is 58.6 Å². The van der Waals surface area contributed by atoms with Crippen molar-refractivity contribution in [2.75, 3.05) is 32.8 Å². The second-order valence-corrected chi connectivity index (χ2v) is 7.78. The highest BCUT2D eigenvalue weighted by Gasteiger charge is 2.27. The Balaban J connectivity index is 1.92. The average Bonchev–Trinajstić information content (AvgIpc) is 2.72. The van der Waals surface area contributed by atoms with E-state index in [9.17, 15) is 0 Å². The van der Waals surface area contributed by atoms with Crippen LogP contribution in [0.2, 0.25) is 0 Å². The Bertz CT molecular complexity index is 562. The fourth-order valence-corrected chi connectivity index (χ4v) is 3.75. The fourth-order valence-electron chi connectivity index (χ4n) is 3.75. The molecule has 0 bridgehead atoms. The Morgan fingerprint density at radius 1 is 1.21 bits per heavy atom. The molecule has 1 heterocycles. The van der Waals surface area contributed by atoms with Gasteiger partial charge < -0.3 is 20.1 Å². The third-order valence-corrected chi connectivity index (χ3v) is 5.25. The van der Waals surface area contributed by atoms with Gasteiger partial charge in [-0.25, -0.2) is 0 Å². The van der Waals surface area contributed by atoms with E-state index in [1.54, 1.807) is 0 Å². The van der Waals surface area contributed by atoms with Gasteiger partial charge in [-0.05, 0) is 44.6 Å². The molecular formula is C23H39N3O2. The summed E-state index contributed by atoms with van der Waals surface area (Å²) in [5.41, 5.74) is 1.26. The molecule has 1 aliphatic heterocycles. The van der Waals surface area contributed by atoms with Crippen LogP contribution in [0.4, 0.5) is 0 Å². The number of nitrogens with one attached hydrogen (secondary N) is 2. The van der Waals surface area contributed by atoms with E-state index in [1.165, 1.54) is 5.56 Å². The average molecular weight is 390 g/mol. The first kappa shape index (κ1) is 22.7. The van der Waals surface area contributed by atoms with Gasteiger partial charge in [-0.1, -0.05) is 44.2 Å². The topological polar surface area (TPSA) is 54.9 Å². The Hall–Kier alpha value is -1.59. The van der Waals surface area contributed by atoms with Crippen molar-refractivity contribution in [3.8, 4) is 0 Å². The monoisotopic (exact) mass is 389 g/mol. The van der Waals surface area contributed by atoms with E-state index in [0.29, 0.717) is 11.8 Å². The second kappa shape index (κ2) is 12.8. The molecule has 0 aliphatic carbocycles. The lowest BCUT2D eigenvalue weighted by Crippen LogP contribution is -2.40. The summed E-state index contributed by atoms with van der Waals surface area (Å²) in [6.45, 7) is 12.7. The van der Waals surface area contributed by atoms with E-state index in [1.807, 2.05) is 0 Å². The SMILES string of the molecule is CCNC(=NCC1CCCOC1c1ccccc1)NCCC(OCC)C(C)C. The molecule has 3 atom stereocenters. The number of guanidine groups is 1. The predicted molar refractivity (Wildman–Crippen MR) is 117 cm³/mol. The highest BCUT2D eigenvalue weighted by molar-refractivity contribution is 5.79. The Labute approximate surface area is 171 Å². The first-order valence-corrected chi connectivity index (χ1v) is 11.0. The van der Waals surface area contributed by atoms with E-state index in [4.69, 9.17) is 14.5 Å². The van der Waals surface area contributed by atoms with Crippen molar-refractivity contribution < 1.29 is 9.47 Å². The third-order valence-electron chi connectivity index (χ3n) is 5.25. The van der Waals surface area contributed by atoms with Crippen LogP contribution in [0, 0.1) is 11.8 Å². The summed E-state index contributed by atoms with van der Waals surface area (Å²) in [7, 11) is 0. The molecule has 5 nitrogen and oxygen atoms in total. The van der Waals surface area contributed by atoms with Crippen molar-refractivity contribution in [1.82, 2.24) is 10.6 Å². The van der Waals surface area contributed by atoms with Crippen molar-refractivity contribution >= 4 is 5.96 Å². The van der Waals surface area contributed by atoms with Crippen LogP contribution in [0.5, 0.6) is 0 Å². The first-order chi connectivity index (χ1) is 13.7. The Morgan fingerprint density at radius 2 is 2.00 bits per heavy atom. The van der Waals surface area contributed by atoms with Crippen molar-refractivity contribution in [1.29, 1.82) is 0 Å². The quantitative estimate of drug-likeness (QED) is 0.466. The van der Waals surface area contributed by atoms with Gasteiger partial charge in [0.2, 0.25) is 0 Å². The molecule has 2 rings (SSSR count). The number of aliphatic imine (C=N–C) groups is 1. The third kappa shape index (κ3) is 7.44. The molecule has 1 fully saturated rings. The molecule has 28 heavy (non-hydrogen) atoms. The minimum Gasteiger partial charge on any atom is -0.378 e. The van der Waals surface area contributed by atoms with Gasteiger partial charge >= 0.3 is 0 Å². The van der Waals surface area contributed by atoms with E-state index >= 15 is 0 Å². The van der Waals surface area contributed by atoms with Crippen LogP contribution in [0.25, 0.3) is 0 Å². The molecular weight excluding hydrogens is 350 g/mol. The molecule has 0 radical (unpaired) electrons. The minimum atomic E-state index is 0.143. The molecule has 2 N–H and O–H groups in total. The van der Waals surface area contributed by atoms with Crippen molar-refractivity contribution in [3.63, 3.8) is 0 Å². The smallest absolute Gasteiger partial charge is 0.191 e. The molecule has 158 valence electrons. The van der Waals surface area contributed by atoms with Crippen molar-refractivity contribution in [2.45, 2.75) is 59.2 Å². The van der Waals surface area contributed by atoms with Gasteiger partial charge in [-0.15, -0.1) is 0 Å². The lowest BCUT2D eigenvalue weighted by Gasteiger charge is -2.31. The van der Waals surface area contributed by atoms with Gasteiger partial charge in [0, 0.05) is 38.8 Å². The van der Waals surface area contributed by atoms with Crippen molar-refractivity contribution in [2.24, 2.45) is 16.8 Å². The van der Waals surface area contributed by atoms with Crippen molar-refractivity contribution in [3.05, 3.63) is 35.9 Å². The van der Waals surface area contributed by atoms with Crippen LogP contribution >= 0.6 is 0 Å². The van der Waals surface area contributed by atoms with Gasteiger partial charge in [0.05, 0.1) is 12.2 Å². The van der Waals surface area contributed by atoms with Crippen LogP contribution < -0.4 is 10.6 Å². The van der Waals surface area contributed by atoms with Crippen LogP contribution in [-0.2, 0) is 9.47 Å². The van der Waals surface area contributed by atoms with Gasteiger partial charge in [0.25, 0.3) is 0 Å². The largest absolute Gasteiger partial charge is 0.378 e. The highest BCUT2D eigenvalue weighted by Crippen LogP contribution is 2.33. The van der Waals surface area contributed by atoms with Gasteiger partial charge in [-0.2, -0.15) is 0 Å². The summed E-state index contributed by atoms with van der Waals surface area (Å²) in [6, 6.07) is 10.6. The number of benzene rings is 1. The van der Waals surface area contributed by atoms with E-state index in [0.717, 1.165) is 58.1 Å². The molecule has 1 aromatic rings. The fraction of sp³-hybridized carbons (Fsp3) is 0.696. The van der Waals surface area contributed by atoms with Crippen LogP contribution in [-0.4, -0.2) is 44.9 Å². The summed E-state index contributed by atoms with van der Waals surface area (Å²) in [5.74, 6) is 1.82. The molecule has 1 saturated heterocycles. The summed E-state index contributed by atoms with van der Waals surface area (Å²) >= 11 is 0. The van der Waals surface area contributed by atoms with E-state index < -0.39 is 0 Å². The number of nitrogens with zero attached hydrogens (tertiary/aromatic N) is 1. The number of rotatable bonds is 10. The highest BCUT2D eigenvalue weighted by atomic mass is 16.5. The molecule has 1 aromatic carbocycles. The normalized spacial score (nSPS) is 21.5. The van der Waals surface area contributed by atoms with E-state index in [-0.39, 0.29) is 12.2 Å². The number of hydrogen-bond acceptors (Lipinski definition) is 3. The summed E-state index contributed by atoms with van der Waals surface area (Å²) in [5, 5.41) is 6.85. The number of ether oxygens (including phenoxy) is 2. The Morgan fingerprint density at radius 3 is 2.68 bits per heavy atom. The second-order valence-electron chi connectivity index (χ2n) is 7.78. The lowest BCUT2D eigenvalue weighted by atomic mass is 9.89. The summed E-state index contributed by atoms with van der Waals surface area (Å²) in [6.07, 6.45) is 3.68. The molecule has 0 saturated carbocycles. The maximum absolute atomic E-state index is 6.11. The summed E-state index contributed by atoms with van der Waals surface area (Å²) < 4.78 is 12.0. The van der Waals surface area contributed by atoms with E-state index in [2.05, 4.69) is 68.7 Å². The molecule has 0 aromatic heterocycles. The van der Waals surface area contributed by atoms with Gasteiger partial charge in [0.15, 0.2) is 5.96 Å². The molecule has 1 aliphatic rings. The lowest BCUT2D eigenvalue weighted by molar-refractivity contribution is -0.0250. The standard InChI is InChI=1S/C23H39N3O2/c1-5-24-23(25-15-14-21(18(3)4)27-6-2)26-17-20-13-10-16-28-22(20)19-11-8-7-9-12-19/h7-9,11-12,18,20-22H,5-6,10,13-17H2,1-4H3,(H2,24,25,26). The van der Waals surface area contributed by atoms with Gasteiger partial charge in [-0.3, -0.25) is 4.99 Å². The minimum absolute atomic E-state index is 0.143. The molecule has 0 spiro atoms. The molecule has 3 unspecified atom stereocenters. The number of hydrogen-bond donors (Lipinski definition) is 2. The zero-order valence-electron chi connectivity index (χ0n) is 18.1. The predicted octanol–water partition coefficient (Wildman–Crippen LogP) is 4.16. The van der Waals surface area contributed by atoms with Crippen LogP contribution in [0.15, 0.2) is 35.3 Å².